The van der Waals surface area contributed by atoms with Crippen molar-refractivity contribution in [1.29, 1.82) is 0 Å². The zero-order valence-electron chi connectivity index (χ0n) is 10.4. The number of amides is 1. The van der Waals surface area contributed by atoms with Gasteiger partial charge in [-0.1, -0.05) is 0 Å². The molecule has 0 fully saturated rings. The molecule has 18 heavy (non-hydrogen) atoms. The Bertz CT molecular complexity index is 514. The van der Waals surface area contributed by atoms with Crippen LogP contribution in [0, 0.1) is 0 Å². The Balaban J connectivity index is 2.66. The summed E-state index contributed by atoms with van der Waals surface area (Å²) in [7, 11) is -3.32. The first-order chi connectivity index (χ1) is 8.45. The molecule has 0 saturated heterocycles. The van der Waals surface area contributed by atoms with Crippen molar-refractivity contribution in [2.24, 2.45) is 0 Å². The van der Waals surface area contributed by atoms with E-state index in [1.54, 1.807) is 6.07 Å². The van der Waals surface area contributed by atoms with Gasteiger partial charge in [0.15, 0.2) is 9.84 Å². The Morgan fingerprint density at radius 3 is 2.78 bits per heavy atom. The van der Waals surface area contributed by atoms with Crippen LogP contribution < -0.4 is 10.6 Å². The van der Waals surface area contributed by atoms with Gasteiger partial charge in [0.1, 0.15) is 10.7 Å². The molecule has 0 aliphatic rings. The van der Waals surface area contributed by atoms with Gasteiger partial charge in [-0.2, -0.15) is 0 Å². The fourth-order valence-electron chi connectivity index (χ4n) is 1.40. The fraction of sp³-hybridized carbons (Fsp3) is 0.455. The number of sulfone groups is 1. The molecule has 0 radical (unpaired) electrons. The second-order valence-electron chi connectivity index (χ2n) is 3.75. The van der Waals surface area contributed by atoms with Crippen LogP contribution in [0.25, 0.3) is 0 Å². The highest BCUT2D eigenvalue weighted by atomic mass is 32.2. The van der Waals surface area contributed by atoms with Crippen LogP contribution in [0.5, 0.6) is 0 Å². The molecule has 100 valence electrons. The molecule has 1 aromatic heterocycles. The molecular formula is C11H17N3O3S. The minimum atomic E-state index is -3.32. The number of nitrogens with zero attached hydrogens (tertiary/aromatic N) is 1. The SMILES string of the molecule is CCNC(=O)CCNc1ncccc1S(C)(=O)=O. The van der Waals surface area contributed by atoms with Crippen LogP contribution in [0.4, 0.5) is 5.82 Å². The molecule has 0 saturated carbocycles. The van der Waals surface area contributed by atoms with Crippen LogP contribution in [0.3, 0.4) is 0 Å². The number of hydrogen-bond donors (Lipinski definition) is 2. The molecule has 0 unspecified atom stereocenters. The summed E-state index contributed by atoms with van der Waals surface area (Å²) in [5.74, 6) is 0.200. The number of carbonyl (C=O) groups is 1. The van der Waals surface area contributed by atoms with Crippen molar-refractivity contribution < 1.29 is 13.2 Å². The number of nitrogens with one attached hydrogen (secondary N) is 2. The predicted molar refractivity (Wildman–Crippen MR) is 69.1 cm³/mol. The summed E-state index contributed by atoms with van der Waals surface area (Å²) in [5.41, 5.74) is 0. The van der Waals surface area contributed by atoms with Gasteiger partial charge < -0.3 is 10.6 Å². The highest BCUT2D eigenvalue weighted by Gasteiger charge is 2.13. The zero-order valence-corrected chi connectivity index (χ0v) is 11.3. The number of hydrogen-bond acceptors (Lipinski definition) is 5. The lowest BCUT2D eigenvalue weighted by molar-refractivity contribution is -0.120. The molecule has 0 aromatic carbocycles. The minimum absolute atomic E-state index is 0.0816. The van der Waals surface area contributed by atoms with Gasteiger partial charge >= 0.3 is 0 Å². The second kappa shape index (κ2) is 6.34. The molecule has 1 amide bonds. The summed E-state index contributed by atoms with van der Waals surface area (Å²) in [6.45, 7) is 2.76. The quantitative estimate of drug-likeness (QED) is 0.783. The summed E-state index contributed by atoms with van der Waals surface area (Å²) >= 11 is 0. The molecule has 7 heteroatoms. The summed E-state index contributed by atoms with van der Waals surface area (Å²) in [6, 6.07) is 3.04. The molecular weight excluding hydrogens is 254 g/mol. The third-order valence-corrected chi connectivity index (χ3v) is 3.32. The number of anilines is 1. The van der Waals surface area contributed by atoms with E-state index >= 15 is 0 Å². The molecule has 0 atom stereocenters. The minimum Gasteiger partial charge on any atom is -0.368 e. The monoisotopic (exact) mass is 271 g/mol. The van der Waals surface area contributed by atoms with Gasteiger partial charge in [-0.15, -0.1) is 0 Å². The van der Waals surface area contributed by atoms with E-state index in [1.807, 2.05) is 6.92 Å². The predicted octanol–water partition coefficient (Wildman–Crippen LogP) is 0.423. The highest BCUT2D eigenvalue weighted by Crippen LogP contribution is 2.17. The first-order valence-electron chi connectivity index (χ1n) is 5.60. The van der Waals surface area contributed by atoms with E-state index in [4.69, 9.17) is 0 Å². The average molecular weight is 271 g/mol. The Hall–Kier alpha value is -1.63. The third kappa shape index (κ3) is 4.33. The van der Waals surface area contributed by atoms with Crippen LogP contribution in [0.15, 0.2) is 23.2 Å². The molecule has 0 spiro atoms. The average Bonchev–Trinajstić information content (AvgIpc) is 2.28. The van der Waals surface area contributed by atoms with E-state index in [2.05, 4.69) is 15.6 Å². The van der Waals surface area contributed by atoms with Crippen molar-refractivity contribution in [3.8, 4) is 0 Å². The summed E-state index contributed by atoms with van der Waals surface area (Å²) in [4.78, 5) is 15.3. The third-order valence-electron chi connectivity index (χ3n) is 2.19. The molecule has 1 heterocycles. The first kappa shape index (κ1) is 14.4. The van der Waals surface area contributed by atoms with Gasteiger partial charge in [-0.05, 0) is 19.1 Å². The highest BCUT2D eigenvalue weighted by molar-refractivity contribution is 7.90. The van der Waals surface area contributed by atoms with E-state index in [1.165, 1.54) is 12.3 Å². The van der Waals surface area contributed by atoms with Crippen LogP contribution in [0.2, 0.25) is 0 Å². The molecule has 0 aliphatic heterocycles. The second-order valence-corrected chi connectivity index (χ2v) is 5.74. The van der Waals surface area contributed by atoms with Gasteiger partial charge in [0.25, 0.3) is 0 Å². The van der Waals surface area contributed by atoms with Crippen LogP contribution in [-0.4, -0.2) is 38.7 Å². The number of aromatic nitrogens is 1. The summed E-state index contributed by atoms with van der Waals surface area (Å²) in [6.07, 6.45) is 2.90. The molecule has 0 bridgehead atoms. The lowest BCUT2D eigenvalue weighted by Gasteiger charge is -2.09. The first-order valence-corrected chi connectivity index (χ1v) is 7.50. The number of rotatable bonds is 6. The maximum Gasteiger partial charge on any atom is 0.221 e. The topological polar surface area (TPSA) is 88.2 Å². The lowest BCUT2D eigenvalue weighted by Crippen LogP contribution is -2.25. The normalized spacial score (nSPS) is 11.0. The van der Waals surface area contributed by atoms with Gasteiger partial charge in [-0.3, -0.25) is 4.79 Å². The fourth-order valence-corrected chi connectivity index (χ4v) is 2.20. The van der Waals surface area contributed by atoms with Gasteiger partial charge in [0, 0.05) is 32.0 Å². The van der Waals surface area contributed by atoms with Crippen LogP contribution >= 0.6 is 0 Å². The van der Waals surface area contributed by atoms with E-state index in [0.29, 0.717) is 13.1 Å². The van der Waals surface area contributed by atoms with Gasteiger partial charge in [0.05, 0.1) is 0 Å². The van der Waals surface area contributed by atoms with Gasteiger partial charge in [-0.25, -0.2) is 13.4 Å². The Morgan fingerprint density at radius 1 is 1.44 bits per heavy atom. The van der Waals surface area contributed by atoms with Crippen LogP contribution in [-0.2, 0) is 14.6 Å². The molecule has 2 N–H and O–H groups in total. The molecule has 6 nitrogen and oxygen atoms in total. The maximum atomic E-state index is 11.5. The van der Waals surface area contributed by atoms with E-state index in [9.17, 15) is 13.2 Å². The van der Waals surface area contributed by atoms with E-state index in [-0.39, 0.29) is 23.0 Å². The lowest BCUT2D eigenvalue weighted by atomic mass is 10.4. The van der Waals surface area contributed by atoms with E-state index in [0.717, 1.165) is 6.26 Å². The standard InChI is InChI=1S/C11H17N3O3S/c1-3-12-10(15)6-8-14-11-9(18(2,16)17)5-4-7-13-11/h4-5,7H,3,6,8H2,1-2H3,(H,12,15)(H,13,14). The summed E-state index contributed by atoms with van der Waals surface area (Å²) in [5, 5.41) is 5.52. The number of pyridine rings is 1. The Kier molecular flexibility index (Phi) is 5.08. The van der Waals surface area contributed by atoms with Crippen LogP contribution in [0.1, 0.15) is 13.3 Å². The zero-order chi connectivity index (χ0) is 13.6. The number of carbonyl (C=O) groups excluding carboxylic acids is 1. The summed E-state index contributed by atoms with van der Waals surface area (Å²) < 4.78 is 23.0. The molecule has 1 rings (SSSR count). The smallest absolute Gasteiger partial charge is 0.221 e. The van der Waals surface area contributed by atoms with Crippen molar-refractivity contribution >= 4 is 21.6 Å². The van der Waals surface area contributed by atoms with Crippen molar-refractivity contribution in [1.82, 2.24) is 10.3 Å². The largest absolute Gasteiger partial charge is 0.368 e. The van der Waals surface area contributed by atoms with Crippen molar-refractivity contribution in [3.05, 3.63) is 18.3 Å². The van der Waals surface area contributed by atoms with Gasteiger partial charge in [0.2, 0.25) is 5.91 Å². The van der Waals surface area contributed by atoms with Crippen molar-refractivity contribution in [3.63, 3.8) is 0 Å². The van der Waals surface area contributed by atoms with Crippen molar-refractivity contribution in [2.75, 3.05) is 24.7 Å². The van der Waals surface area contributed by atoms with E-state index < -0.39 is 9.84 Å². The Labute approximate surface area is 107 Å². The molecule has 1 aromatic rings. The Morgan fingerprint density at radius 2 is 2.17 bits per heavy atom. The molecule has 0 aliphatic carbocycles. The van der Waals surface area contributed by atoms with Crippen molar-refractivity contribution in [2.45, 2.75) is 18.2 Å². The maximum absolute atomic E-state index is 11.5.